The first-order valence-electron chi connectivity index (χ1n) is 7.09. The van der Waals surface area contributed by atoms with E-state index in [0.29, 0.717) is 0 Å². The van der Waals surface area contributed by atoms with E-state index in [4.69, 9.17) is 4.74 Å². The first-order chi connectivity index (χ1) is 8.62. The van der Waals surface area contributed by atoms with Crippen LogP contribution in [0.15, 0.2) is 0 Å². The Labute approximate surface area is 116 Å². The lowest BCUT2D eigenvalue weighted by Crippen LogP contribution is -2.59. The van der Waals surface area contributed by atoms with Gasteiger partial charge in [0.1, 0.15) is 17.4 Å². The molecule has 0 bridgehead atoms. The molecule has 0 aliphatic heterocycles. The number of carbonyl (C=O) groups excluding carboxylic acids is 2. The van der Waals surface area contributed by atoms with Crippen molar-refractivity contribution in [3.8, 4) is 0 Å². The third kappa shape index (κ3) is 3.95. The summed E-state index contributed by atoms with van der Waals surface area (Å²) in [6, 6.07) is 0. The lowest BCUT2D eigenvalue weighted by Gasteiger charge is -2.45. The van der Waals surface area contributed by atoms with Crippen LogP contribution in [0.25, 0.3) is 0 Å². The Morgan fingerprint density at radius 2 is 1.68 bits per heavy atom. The lowest BCUT2D eigenvalue weighted by atomic mass is 9.64. The standard InChI is InChI=1S/C15H27NO3/c1-13(2,3)19-12(18)16-15(5,11-17)14(4)9-7-6-8-10-14/h11H,6-10H2,1-5H3,(H,16,18). The van der Waals surface area contributed by atoms with E-state index in [0.717, 1.165) is 32.0 Å². The first-order valence-corrected chi connectivity index (χ1v) is 7.09. The molecule has 1 fully saturated rings. The molecule has 1 saturated carbocycles. The molecule has 0 spiro atoms. The highest BCUT2D eigenvalue weighted by molar-refractivity contribution is 5.77. The molecule has 1 unspecified atom stereocenters. The van der Waals surface area contributed by atoms with Gasteiger partial charge in [0, 0.05) is 0 Å². The maximum atomic E-state index is 11.9. The van der Waals surface area contributed by atoms with E-state index in [1.54, 1.807) is 6.92 Å². The third-order valence-electron chi connectivity index (χ3n) is 4.21. The highest BCUT2D eigenvalue weighted by atomic mass is 16.6. The van der Waals surface area contributed by atoms with Crippen molar-refractivity contribution >= 4 is 12.4 Å². The van der Waals surface area contributed by atoms with Crippen molar-refractivity contribution in [1.29, 1.82) is 0 Å². The van der Waals surface area contributed by atoms with Crippen LogP contribution in [0.4, 0.5) is 4.79 Å². The van der Waals surface area contributed by atoms with Gasteiger partial charge in [0.2, 0.25) is 0 Å². The van der Waals surface area contributed by atoms with E-state index in [9.17, 15) is 9.59 Å². The highest BCUT2D eigenvalue weighted by Crippen LogP contribution is 2.43. The van der Waals surface area contributed by atoms with Crippen LogP contribution < -0.4 is 5.32 Å². The zero-order valence-electron chi connectivity index (χ0n) is 12.8. The topological polar surface area (TPSA) is 55.4 Å². The molecule has 0 heterocycles. The van der Waals surface area contributed by atoms with Crippen LogP contribution in [0.1, 0.15) is 66.7 Å². The number of alkyl carbamates (subject to hydrolysis) is 1. The van der Waals surface area contributed by atoms with Gasteiger partial charge in [-0.3, -0.25) is 0 Å². The van der Waals surface area contributed by atoms with E-state index in [-0.39, 0.29) is 5.41 Å². The molecular weight excluding hydrogens is 242 g/mol. The van der Waals surface area contributed by atoms with Crippen LogP contribution in [0.5, 0.6) is 0 Å². The zero-order chi connectivity index (χ0) is 14.7. The summed E-state index contributed by atoms with van der Waals surface area (Å²) in [4.78, 5) is 23.5. The van der Waals surface area contributed by atoms with Gasteiger partial charge in [0.25, 0.3) is 0 Å². The van der Waals surface area contributed by atoms with Gasteiger partial charge >= 0.3 is 6.09 Å². The predicted molar refractivity (Wildman–Crippen MR) is 75.0 cm³/mol. The van der Waals surface area contributed by atoms with Crippen LogP contribution in [0.3, 0.4) is 0 Å². The summed E-state index contributed by atoms with van der Waals surface area (Å²) in [6.07, 6.45) is 5.68. The normalized spacial score (nSPS) is 22.2. The van der Waals surface area contributed by atoms with Gasteiger partial charge in [0.15, 0.2) is 0 Å². The molecule has 4 nitrogen and oxygen atoms in total. The second-order valence-corrected chi connectivity index (χ2v) is 7.07. The van der Waals surface area contributed by atoms with Gasteiger partial charge < -0.3 is 14.8 Å². The SMILES string of the molecule is CC(C)(C)OC(=O)NC(C)(C=O)C1(C)CCCCC1. The highest BCUT2D eigenvalue weighted by Gasteiger charge is 2.46. The van der Waals surface area contributed by atoms with Crippen molar-refractivity contribution in [2.24, 2.45) is 5.41 Å². The number of nitrogens with one attached hydrogen (secondary N) is 1. The quantitative estimate of drug-likeness (QED) is 0.798. The van der Waals surface area contributed by atoms with Crippen LogP contribution in [0.2, 0.25) is 0 Å². The second kappa shape index (κ2) is 5.51. The number of rotatable bonds is 3. The van der Waals surface area contributed by atoms with Crippen molar-refractivity contribution < 1.29 is 14.3 Å². The smallest absolute Gasteiger partial charge is 0.408 e. The van der Waals surface area contributed by atoms with Gasteiger partial charge in [0.05, 0.1) is 0 Å². The Kier molecular flexibility index (Phi) is 4.64. The molecule has 110 valence electrons. The summed E-state index contributed by atoms with van der Waals surface area (Å²) < 4.78 is 5.26. The van der Waals surface area contributed by atoms with E-state index < -0.39 is 17.2 Å². The van der Waals surface area contributed by atoms with Crippen LogP contribution in [-0.4, -0.2) is 23.5 Å². The van der Waals surface area contributed by atoms with E-state index in [1.807, 2.05) is 20.8 Å². The molecule has 1 rings (SSSR count). The molecule has 0 radical (unpaired) electrons. The van der Waals surface area contributed by atoms with Crippen LogP contribution in [-0.2, 0) is 9.53 Å². The summed E-state index contributed by atoms with van der Waals surface area (Å²) in [6.45, 7) is 9.32. The summed E-state index contributed by atoms with van der Waals surface area (Å²) in [5.74, 6) is 0. The van der Waals surface area contributed by atoms with E-state index >= 15 is 0 Å². The minimum absolute atomic E-state index is 0.191. The summed E-state index contributed by atoms with van der Waals surface area (Å²) in [5, 5.41) is 2.78. The maximum absolute atomic E-state index is 11.9. The van der Waals surface area contributed by atoms with Gasteiger partial charge in [-0.15, -0.1) is 0 Å². The van der Waals surface area contributed by atoms with Gasteiger partial charge in [-0.25, -0.2) is 4.79 Å². The molecule has 1 aliphatic carbocycles. The number of hydrogen-bond donors (Lipinski definition) is 1. The third-order valence-corrected chi connectivity index (χ3v) is 4.21. The Morgan fingerprint density at radius 3 is 2.11 bits per heavy atom. The number of ether oxygens (including phenoxy) is 1. The Hall–Kier alpha value is -1.06. The predicted octanol–water partition coefficient (Wildman–Crippen LogP) is 3.44. The minimum Gasteiger partial charge on any atom is -0.444 e. The largest absolute Gasteiger partial charge is 0.444 e. The number of carbonyl (C=O) groups is 2. The van der Waals surface area contributed by atoms with Crippen molar-refractivity contribution in [2.75, 3.05) is 0 Å². The second-order valence-electron chi connectivity index (χ2n) is 7.07. The van der Waals surface area contributed by atoms with E-state index in [1.165, 1.54) is 6.42 Å². The summed E-state index contributed by atoms with van der Waals surface area (Å²) >= 11 is 0. The number of aldehydes is 1. The molecule has 1 atom stereocenters. The first kappa shape index (κ1) is 16.0. The molecule has 4 heteroatoms. The molecule has 1 N–H and O–H groups in total. The lowest BCUT2D eigenvalue weighted by molar-refractivity contribution is -0.118. The van der Waals surface area contributed by atoms with Gasteiger partial charge in [-0.05, 0) is 46.0 Å². The Balaban J connectivity index is 2.80. The van der Waals surface area contributed by atoms with Crippen molar-refractivity contribution in [3.63, 3.8) is 0 Å². The zero-order valence-corrected chi connectivity index (χ0v) is 12.8. The Morgan fingerprint density at radius 1 is 1.16 bits per heavy atom. The molecule has 1 amide bonds. The van der Waals surface area contributed by atoms with Gasteiger partial charge in [-0.1, -0.05) is 26.2 Å². The fourth-order valence-electron chi connectivity index (χ4n) is 2.69. The molecule has 0 saturated heterocycles. The average molecular weight is 269 g/mol. The molecule has 1 aliphatic rings. The maximum Gasteiger partial charge on any atom is 0.408 e. The van der Waals surface area contributed by atoms with Gasteiger partial charge in [-0.2, -0.15) is 0 Å². The molecule has 0 aromatic heterocycles. The van der Waals surface area contributed by atoms with Crippen molar-refractivity contribution in [3.05, 3.63) is 0 Å². The minimum atomic E-state index is -0.865. The Bertz CT molecular complexity index is 340. The number of amides is 1. The monoisotopic (exact) mass is 269 g/mol. The average Bonchev–Trinajstić information content (AvgIpc) is 2.27. The van der Waals surface area contributed by atoms with Crippen molar-refractivity contribution in [1.82, 2.24) is 5.32 Å². The number of hydrogen-bond acceptors (Lipinski definition) is 3. The van der Waals surface area contributed by atoms with Crippen LogP contribution in [0, 0.1) is 5.41 Å². The fourth-order valence-corrected chi connectivity index (χ4v) is 2.69. The summed E-state index contributed by atoms with van der Waals surface area (Å²) in [7, 11) is 0. The molecular formula is C15H27NO3. The molecule has 0 aromatic rings. The summed E-state index contributed by atoms with van der Waals surface area (Å²) in [5.41, 5.74) is -1.61. The van der Waals surface area contributed by atoms with Crippen molar-refractivity contribution in [2.45, 2.75) is 77.9 Å². The van der Waals surface area contributed by atoms with E-state index in [2.05, 4.69) is 12.2 Å². The van der Waals surface area contributed by atoms with Crippen LogP contribution >= 0.6 is 0 Å². The molecule has 19 heavy (non-hydrogen) atoms. The fraction of sp³-hybridized carbons (Fsp3) is 0.867. The molecule has 0 aromatic carbocycles.